The van der Waals surface area contributed by atoms with Crippen LogP contribution >= 0.6 is 0 Å². The third kappa shape index (κ3) is 2.80. The summed E-state index contributed by atoms with van der Waals surface area (Å²) in [5.41, 5.74) is -0.232. The van der Waals surface area contributed by atoms with Crippen LogP contribution in [0.4, 0.5) is 0 Å². The normalized spacial score (nSPS) is 27.1. The van der Waals surface area contributed by atoms with Gasteiger partial charge in [0.2, 0.25) is 5.91 Å². The molecule has 100 valence electrons. The van der Waals surface area contributed by atoms with E-state index in [1.807, 2.05) is 7.05 Å². The van der Waals surface area contributed by atoms with Crippen LogP contribution in [0.5, 0.6) is 0 Å². The molecular weight excluding hydrogens is 216 g/mol. The van der Waals surface area contributed by atoms with Crippen LogP contribution in [0.25, 0.3) is 0 Å². The molecule has 4 nitrogen and oxygen atoms in total. The van der Waals surface area contributed by atoms with Crippen molar-refractivity contribution in [2.45, 2.75) is 58.2 Å². The van der Waals surface area contributed by atoms with Gasteiger partial charge in [-0.2, -0.15) is 0 Å². The lowest BCUT2D eigenvalue weighted by Crippen LogP contribution is -2.61. The van der Waals surface area contributed by atoms with E-state index in [0.29, 0.717) is 0 Å². The van der Waals surface area contributed by atoms with Gasteiger partial charge in [-0.05, 0) is 41.0 Å². The first kappa shape index (κ1) is 14.5. The van der Waals surface area contributed by atoms with Crippen molar-refractivity contribution in [3.05, 3.63) is 0 Å². The van der Waals surface area contributed by atoms with Crippen molar-refractivity contribution in [1.29, 1.82) is 0 Å². The Morgan fingerprint density at radius 2 is 1.94 bits per heavy atom. The lowest BCUT2D eigenvalue weighted by Gasteiger charge is -2.49. The van der Waals surface area contributed by atoms with Gasteiger partial charge in [0.05, 0.1) is 6.61 Å². The van der Waals surface area contributed by atoms with Gasteiger partial charge in [0.1, 0.15) is 6.04 Å². The smallest absolute Gasteiger partial charge is 0.242 e. The molecule has 1 fully saturated rings. The molecule has 1 N–H and O–H groups in total. The Labute approximate surface area is 105 Å². The fourth-order valence-corrected chi connectivity index (χ4v) is 2.99. The van der Waals surface area contributed by atoms with E-state index in [4.69, 9.17) is 0 Å². The molecule has 0 spiro atoms. The average molecular weight is 242 g/mol. The Bertz CT molecular complexity index is 294. The zero-order valence-electron chi connectivity index (χ0n) is 11.9. The van der Waals surface area contributed by atoms with E-state index in [9.17, 15) is 9.90 Å². The zero-order chi connectivity index (χ0) is 13.4. The molecule has 0 aromatic heterocycles. The molecule has 17 heavy (non-hydrogen) atoms. The van der Waals surface area contributed by atoms with Crippen molar-refractivity contribution in [1.82, 2.24) is 9.80 Å². The maximum atomic E-state index is 12.2. The van der Waals surface area contributed by atoms with E-state index >= 15 is 0 Å². The highest BCUT2D eigenvalue weighted by Crippen LogP contribution is 2.33. The van der Waals surface area contributed by atoms with Gasteiger partial charge >= 0.3 is 0 Å². The van der Waals surface area contributed by atoms with Crippen molar-refractivity contribution in [3.63, 3.8) is 0 Å². The average Bonchev–Trinajstić information content (AvgIpc) is 2.26. The predicted molar refractivity (Wildman–Crippen MR) is 68.8 cm³/mol. The van der Waals surface area contributed by atoms with E-state index in [1.54, 1.807) is 4.90 Å². The molecule has 1 saturated heterocycles. The monoisotopic (exact) mass is 242 g/mol. The molecule has 1 aliphatic heterocycles. The number of hydrogen-bond acceptors (Lipinski definition) is 3. The molecule has 1 unspecified atom stereocenters. The molecule has 0 radical (unpaired) electrons. The van der Waals surface area contributed by atoms with Crippen molar-refractivity contribution in [2.24, 2.45) is 0 Å². The molecule has 1 aliphatic rings. The maximum absolute atomic E-state index is 12.2. The van der Waals surface area contributed by atoms with E-state index < -0.39 is 6.04 Å². The summed E-state index contributed by atoms with van der Waals surface area (Å²) in [6.07, 6.45) is 0.920. The fourth-order valence-electron chi connectivity index (χ4n) is 2.99. The number of carbonyl (C=O) groups is 1. The first-order valence-corrected chi connectivity index (χ1v) is 6.26. The van der Waals surface area contributed by atoms with Crippen molar-refractivity contribution in [3.8, 4) is 0 Å². The van der Waals surface area contributed by atoms with Crippen LogP contribution in [0, 0.1) is 0 Å². The summed E-state index contributed by atoms with van der Waals surface area (Å²) >= 11 is 0. The second-order valence-corrected chi connectivity index (χ2v) is 6.56. The molecule has 0 saturated carbocycles. The first-order valence-electron chi connectivity index (χ1n) is 6.26. The van der Waals surface area contributed by atoms with E-state index in [0.717, 1.165) is 13.0 Å². The third-order valence-corrected chi connectivity index (χ3v) is 3.58. The number of hydrogen-bond donors (Lipinski definition) is 1. The Morgan fingerprint density at radius 3 is 2.35 bits per heavy atom. The Hall–Kier alpha value is -0.610. The highest BCUT2D eigenvalue weighted by molar-refractivity contribution is 5.82. The molecule has 1 atom stereocenters. The Morgan fingerprint density at radius 1 is 1.41 bits per heavy atom. The van der Waals surface area contributed by atoms with Crippen LogP contribution in [0.3, 0.4) is 0 Å². The highest BCUT2D eigenvalue weighted by Gasteiger charge is 2.45. The summed E-state index contributed by atoms with van der Waals surface area (Å²) in [7, 11) is 1.81. The second-order valence-electron chi connectivity index (χ2n) is 6.56. The third-order valence-electron chi connectivity index (χ3n) is 3.58. The predicted octanol–water partition coefficient (Wildman–Crippen LogP) is 1.09. The Kier molecular flexibility index (Phi) is 3.89. The quantitative estimate of drug-likeness (QED) is 0.748. The number of aliphatic hydroxyl groups is 1. The fraction of sp³-hybridized carbons (Fsp3) is 0.923. The highest BCUT2D eigenvalue weighted by atomic mass is 16.3. The molecule has 0 aromatic rings. The van der Waals surface area contributed by atoms with E-state index in [2.05, 4.69) is 39.5 Å². The summed E-state index contributed by atoms with van der Waals surface area (Å²) in [5, 5.41) is 9.58. The van der Waals surface area contributed by atoms with Crippen molar-refractivity contribution in [2.75, 3.05) is 20.2 Å². The number of likely N-dealkylation sites (N-methyl/N-ethyl adjacent to an activating group) is 1. The summed E-state index contributed by atoms with van der Waals surface area (Å²) in [6.45, 7) is 11.2. The summed E-state index contributed by atoms with van der Waals surface area (Å²) < 4.78 is 0. The minimum atomic E-state index is -0.433. The molecule has 1 heterocycles. The number of amides is 1. The van der Waals surface area contributed by atoms with Gasteiger partial charge in [-0.1, -0.05) is 0 Å². The lowest BCUT2D eigenvalue weighted by molar-refractivity contribution is -0.140. The van der Waals surface area contributed by atoms with Gasteiger partial charge < -0.3 is 10.0 Å². The number of aliphatic hydroxyl groups excluding tert-OH is 1. The van der Waals surface area contributed by atoms with Gasteiger partial charge in [-0.15, -0.1) is 0 Å². The minimum Gasteiger partial charge on any atom is -0.394 e. The van der Waals surface area contributed by atoms with Gasteiger partial charge in [-0.25, -0.2) is 0 Å². The molecule has 4 heteroatoms. The maximum Gasteiger partial charge on any atom is 0.242 e. The standard InChI is InChI=1S/C13H26N2O2/c1-12(2,3)15-10(9-16)11(17)14(6)8-7-13(15,4)5/h10,16H,7-9H2,1-6H3. The molecule has 1 rings (SSSR count). The van der Waals surface area contributed by atoms with Crippen LogP contribution in [0.1, 0.15) is 41.0 Å². The zero-order valence-corrected chi connectivity index (χ0v) is 11.9. The van der Waals surface area contributed by atoms with Crippen LogP contribution in [0.15, 0.2) is 0 Å². The number of nitrogens with zero attached hydrogens (tertiary/aromatic N) is 2. The van der Waals surface area contributed by atoms with Gasteiger partial charge in [0.25, 0.3) is 0 Å². The van der Waals surface area contributed by atoms with Gasteiger partial charge in [0.15, 0.2) is 0 Å². The SMILES string of the molecule is CN1CCC(C)(C)N(C(C)(C)C)C(CO)C1=O. The van der Waals surface area contributed by atoms with Gasteiger partial charge in [0, 0.05) is 24.7 Å². The first-order chi connectivity index (χ1) is 7.61. The molecule has 0 aliphatic carbocycles. The summed E-state index contributed by atoms with van der Waals surface area (Å²) in [4.78, 5) is 16.1. The van der Waals surface area contributed by atoms with Crippen LogP contribution in [-0.4, -0.2) is 58.1 Å². The van der Waals surface area contributed by atoms with Crippen LogP contribution < -0.4 is 0 Å². The van der Waals surface area contributed by atoms with Gasteiger partial charge in [-0.3, -0.25) is 9.69 Å². The summed E-state index contributed by atoms with van der Waals surface area (Å²) in [6, 6.07) is -0.433. The van der Waals surface area contributed by atoms with E-state index in [-0.39, 0.29) is 23.6 Å². The summed E-state index contributed by atoms with van der Waals surface area (Å²) in [5.74, 6) is 0.0213. The second kappa shape index (κ2) is 4.58. The Balaban J connectivity index is 3.20. The van der Waals surface area contributed by atoms with Crippen molar-refractivity contribution >= 4 is 5.91 Å². The number of rotatable bonds is 1. The van der Waals surface area contributed by atoms with E-state index in [1.165, 1.54) is 0 Å². The molecule has 1 amide bonds. The lowest BCUT2D eigenvalue weighted by atomic mass is 9.90. The molecule has 0 bridgehead atoms. The molecule has 0 aromatic carbocycles. The molecular formula is C13H26N2O2. The number of carbonyl (C=O) groups excluding carboxylic acids is 1. The topological polar surface area (TPSA) is 43.8 Å². The van der Waals surface area contributed by atoms with Crippen LogP contribution in [0.2, 0.25) is 0 Å². The largest absolute Gasteiger partial charge is 0.394 e. The van der Waals surface area contributed by atoms with Crippen LogP contribution in [-0.2, 0) is 4.79 Å². The van der Waals surface area contributed by atoms with Crippen molar-refractivity contribution < 1.29 is 9.90 Å². The minimum absolute atomic E-state index is 0.0213.